The molecule has 1 N–H and O–H groups in total. The van der Waals surface area contributed by atoms with E-state index in [0.717, 1.165) is 5.76 Å². The number of amides is 1. The third-order valence-corrected chi connectivity index (χ3v) is 1.60. The molecule has 0 unspecified atom stereocenters. The minimum absolute atomic E-state index is 0.0868. The molecule has 3 nitrogen and oxygen atoms in total. The van der Waals surface area contributed by atoms with Crippen LogP contribution in [-0.2, 0) is 0 Å². The van der Waals surface area contributed by atoms with Crippen LogP contribution in [0.5, 0.6) is 0 Å². The summed E-state index contributed by atoms with van der Waals surface area (Å²) in [5.74, 6) is 0.667. The van der Waals surface area contributed by atoms with E-state index in [4.69, 9.17) is 4.42 Å². The Balaban J connectivity index is 2.69. The summed E-state index contributed by atoms with van der Waals surface area (Å²) >= 11 is 2.07. The molecule has 60 valence electrons. The first-order chi connectivity index (χ1) is 5.24. The second kappa shape index (κ2) is 3.75. The molecule has 0 saturated heterocycles. The van der Waals surface area contributed by atoms with Crippen molar-refractivity contribution < 1.29 is 9.21 Å². The Morgan fingerprint density at radius 3 is 3.00 bits per heavy atom. The molecule has 1 aromatic rings. The standard InChI is InChI=1S/C7H8INO2/c1-5-2-6(3-11-5)7(10)9-4-8/h2-3H,4H2,1H3,(H,9,10). The van der Waals surface area contributed by atoms with Crippen molar-refractivity contribution in [1.29, 1.82) is 0 Å². The molecule has 0 saturated carbocycles. The number of carbonyl (C=O) groups is 1. The zero-order chi connectivity index (χ0) is 8.27. The Kier molecular flexibility index (Phi) is 2.92. The third kappa shape index (κ3) is 2.21. The van der Waals surface area contributed by atoms with Gasteiger partial charge in [0.25, 0.3) is 5.91 Å². The molecule has 0 aliphatic heterocycles. The molecule has 1 heterocycles. The van der Waals surface area contributed by atoms with Crippen LogP contribution in [0.2, 0.25) is 0 Å². The first-order valence-electron chi connectivity index (χ1n) is 3.13. The molecule has 1 amide bonds. The summed E-state index contributed by atoms with van der Waals surface area (Å²) in [5, 5.41) is 2.66. The van der Waals surface area contributed by atoms with Crippen LogP contribution in [0.4, 0.5) is 0 Å². The molecule has 0 atom stereocenters. The van der Waals surface area contributed by atoms with Gasteiger partial charge in [0, 0.05) is 0 Å². The number of halogens is 1. The number of rotatable bonds is 2. The molecular formula is C7H8INO2. The minimum Gasteiger partial charge on any atom is -0.469 e. The van der Waals surface area contributed by atoms with Crippen molar-refractivity contribution in [3.8, 4) is 0 Å². The van der Waals surface area contributed by atoms with E-state index in [1.807, 2.05) is 0 Å². The number of nitrogens with one attached hydrogen (secondary N) is 1. The molecule has 11 heavy (non-hydrogen) atoms. The zero-order valence-electron chi connectivity index (χ0n) is 6.06. The maximum absolute atomic E-state index is 11.1. The van der Waals surface area contributed by atoms with Crippen LogP contribution in [0.25, 0.3) is 0 Å². The molecule has 1 aromatic heterocycles. The van der Waals surface area contributed by atoms with Crippen molar-refractivity contribution in [2.45, 2.75) is 6.92 Å². The van der Waals surface area contributed by atoms with Crippen molar-refractivity contribution >= 4 is 28.5 Å². The van der Waals surface area contributed by atoms with Crippen molar-refractivity contribution in [3.63, 3.8) is 0 Å². The molecule has 0 spiro atoms. The van der Waals surface area contributed by atoms with Gasteiger partial charge in [-0.3, -0.25) is 4.79 Å². The van der Waals surface area contributed by atoms with Crippen LogP contribution in [0.1, 0.15) is 16.1 Å². The Hall–Kier alpha value is -0.520. The van der Waals surface area contributed by atoms with Gasteiger partial charge < -0.3 is 9.73 Å². The Morgan fingerprint density at radius 1 is 1.82 bits per heavy atom. The smallest absolute Gasteiger partial charge is 0.255 e. The highest BCUT2D eigenvalue weighted by atomic mass is 127. The predicted octanol–water partition coefficient (Wildman–Crippen LogP) is 1.71. The van der Waals surface area contributed by atoms with Crippen LogP contribution < -0.4 is 5.32 Å². The Morgan fingerprint density at radius 2 is 2.55 bits per heavy atom. The van der Waals surface area contributed by atoms with E-state index < -0.39 is 0 Å². The maximum Gasteiger partial charge on any atom is 0.255 e. The fourth-order valence-corrected chi connectivity index (χ4v) is 1.07. The number of furan rings is 1. The van der Waals surface area contributed by atoms with E-state index in [1.54, 1.807) is 13.0 Å². The molecule has 1 rings (SSSR count). The average Bonchev–Trinajstić information content (AvgIpc) is 2.36. The minimum atomic E-state index is -0.0868. The molecule has 0 fully saturated rings. The van der Waals surface area contributed by atoms with E-state index in [0.29, 0.717) is 10.1 Å². The quantitative estimate of drug-likeness (QED) is 0.502. The maximum atomic E-state index is 11.1. The third-order valence-electron chi connectivity index (χ3n) is 1.22. The number of hydrogen-bond acceptors (Lipinski definition) is 2. The summed E-state index contributed by atoms with van der Waals surface area (Å²) in [4.78, 5) is 11.1. The van der Waals surface area contributed by atoms with Gasteiger partial charge in [-0.2, -0.15) is 0 Å². The highest BCUT2D eigenvalue weighted by molar-refractivity contribution is 14.1. The molecule has 0 aromatic carbocycles. The fourth-order valence-electron chi connectivity index (χ4n) is 0.725. The summed E-state index contributed by atoms with van der Waals surface area (Å²) in [6.07, 6.45) is 1.46. The number of hydrogen-bond donors (Lipinski definition) is 1. The molecule has 0 bridgehead atoms. The number of carbonyl (C=O) groups excluding carboxylic acids is 1. The second-order valence-electron chi connectivity index (χ2n) is 2.09. The van der Waals surface area contributed by atoms with Gasteiger partial charge in [0.2, 0.25) is 0 Å². The summed E-state index contributed by atoms with van der Waals surface area (Å²) in [5.41, 5.74) is 0.583. The lowest BCUT2D eigenvalue weighted by Crippen LogP contribution is -2.20. The summed E-state index contributed by atoms with van der Waals surface area (Å²) in [6, 6.07) is 1.71. The largest absolute Gasteiger partial charge is 0.469 e. The molecule has 0 radical (unpaired) electrons. The van der Waals surface area contributed by atoms with Gasteiger partial charge in [0.15, 0.2) is 0 Å². The Bertz CT molecular complexity index is 257. The van der Waals surface area contributed by atoms with Crippen LogP contribution in [0, 0.1) is 6.92 Å². The van der Waals surface area contributed by atoms with E-state index >= 15 is 0 Å². The van der Waals surface area contributed by atoms with Crippen LogP contribution >= 0.6 is 22.6 Å². The van der Waals surface area contributed by atoms with Crippen LogP contribution in [0.15, 0.2) is 16.7 Å². The van der Waals surface area contributed by atoms with E-state index in [9.17, 15) is 4.79 Å². The summed E-state index contributed by atoms with van der Waals surface area (Å²) in [7, 11) is 0. The van der Waals surface area contributed by atoms with E-state index in [2.05, 4.69) is 27.9 Å². The second-order valence-corrected chi connectivity index (χ2v) is 2.85. The van der Waals surface area contributed by atoms with Crippen LogP contribution in [-0.4, -0.2) is 10.5 Å². The van der Waals surface area contributed by atoms with Gasteiger partial charge >= 0.3 is 0 Å². The lowest BCUT2D eigenvalue weighted by atomic mass is 10.3. The van der Waals surface area contributed by atoms with Crippen molar-refractivity contribution in [1.82, 2.24) is 5.32 Å². The van der Waals surface area contributed by atoms with Crippen molar-refractivity contribution in [2.24, 2.45) is 0 Å². The van der Waals surface area contributed by atoms with E-state index in [-0.39, 0.29) is 5.91 Å². The normalized spacial score (nSPS) is 9.64. The van der Waals surface area contributed by atoms with Gasteiger partial charge in [0.05, 0.1) is 10.1 Å². The average molecular weight is 265 g/mol. The molecule has 0 aliphatic carbocycles. The number of alkyl halides is 1. The lowest BCUT2D eigenvalue weighted by molar-refractivity contribution is 0.0961. The zero-order valence-corrected chi connectivity index (χ0v) is 8.21. The highest BCUT2D eigenvalue weighted by Gasteiger charge is 2.05. The summed E-state index contributed by atoms with van der Waals surface area (Å²) < 4.78 is 5.58. The monoisotopic (exact) mass is 265 g/mol. The molecular weight excluding hydrogens is 257 g/mol. The van der Waals surface area contributed by atoms with Gasteiger partial charge in [-0.15, -0.1) is 0 Å². The fraction of sp³-hybridized carbons (Fsp3) is 0.286. The van der Waals surface area contributed by atoms with Crippen molar-refractivity contribution in [3.05, 3.63) is 23.7 Å². The highest BCUT2D eigenvalue weighted by Crippen LogP contribution is 2.05. The predicted molar refractivity (Wildman–Crippen MR) is 49.8 cm³/mol. The van der Waals surface area contributed by atoms with Crippen LogP contribution in [0.3, 0.4) is 0 Å². The van der Waals surface area contributed by atoms with Gasteiger partial charge in [-0.1, -0.05) is 22.6 Å². The molecule has 0 aliphatic rings. The molecule has 4 heteroatoms. The van der Waals surface area contributed by atoms with Gasteiger partial charge in [0.1, 0.15) is 12.0 Å². The van der Waals surface area contributed by atoms with E-state index in [1.165, 1.54) is 6.26 Å². The lowest BCUT2D eigenvalue weighted by Gasteiger charge is -1.94. The Labute approximate surface area is 78.3 Å². The first-order valence-corrected chi connectivity index (χ1v) is 4.66. The number of aryl methyl sites for hydroxylation is 1. The SMILES string of the molecule is Cc1cc(C(=O)NCI)co1. The van der Waals surface area contributed by atoms with Gasteiger partial charge in [-0.05, 0) is 13.0 Å². The van der Waals surface area contributed by atoms with Crippen molar-refractivity contribution in [2.75, 3.05) is 4.55 Å². The van der Waals surface area contributed by atoms with Gasteiger partial charge in [-0.25, -0.2) is 0 Å². The first kappa shape index (κ1) is 8.58. The summed E-state index contributed by atoms with van der Waals surface area (Å²) in [6.45, 7) is 1.81. The topological polar surface area (TPSA) is 42.2 Å².